The van der Waals surface area contributed by atoms with Gasteiger partial charge in [-0.15, -0.1) is 0 Å². The first-order chi connectivity index (χ1) is 7.19. The Hall–Kier alpha value is -0.650. The second-order valence-corrected chi connectivity index (χ2v) is 4.16. The van der Waals surface area contributed by atoms with E-state index in [0.29, 0.717) is 5.56 Å². The SMILES string of the molecule is CSCCC(NN)c1ccc(F)c(F)c1. The van der Waals surface area contributed by atoms with E-state index in [2.05, 4.69) is 5.43 Å². The number of nitrogens with two attached hydrogens (primary N) is 1. The molecule has 5 heteroatoms. The number of hydrogen-bond donors (Lipinski definition) is 2. The van der Waals surface area contributed by atoms with Gasteiger partial charge < -0.3 is 0 Å². The van der Waals surface area contributed by atoms with Gasteiger partial charge in [0, 0.05) is 6.04 Å². The summed E-state index contributed by atoms with van der Waals surface area (Å²) in [7, 11) is 0. The lowest BCUT2D eigenvalue weighted by Gasteiger charge is -2.15. The van der Waals surface area contributed by atoms with Gasteiger partial charge in [0.1, 0.15) is 0 Å². The van der Waals surface area contributed by atoms with Crippen LogP contribution in [0.25, 0.3) is 0 Å². The van der Waals surface area contributed by atoms with E-state index in [9.17, 15) is 8.78 Å². The van der Waals surface area contributed by atoms with Gasteiger partial charge in [-0.2, -0.15) is 11.8 Å². The summed E-state index contributed by atoms with van der Waals surface area (Å²) in [6, 6.07) is 3.71. The van der Waals surface area contributed by atoms with Crippen LogP contribution in [-0.4, -0.2) is 12.0 Å². The first kappa shape index (κ1) is 12.4. The first-order valence-electron chi connectivity index (χ1n) is 4.59. The van der Waals surface area contributed by atoms with Gasteiger partial charge in [0.2, 0.25) is 0 Å². The molecule has 0 saturated carbocycles. The van der Waals surface area contributed by atoms with Crippen LogP contribution in [0.15, 0.2) is 18.2 Å². The van der Waals surface area contributed by atoms with E-state index in [1.165, 1.54) is 6.07 Å². The lowest BCUT2D eigenvalue weighted by molar-refractivity contribution is 0.495. The normalized spacial score (nSPS) is 12.8. The highest BCUT2D eigenvalue weighted by atomic mass is 32.2. The Bertz CT molecular complexity index is 320. The molecule has 1 atom stereocenters. The lowest BCUT2D eigenvalue weighted by atomic mass is 10.1. The van der Waals surface area contributed by atoms with Crippen molar-refractivity contribution >= 4 is 11.8 Å². The fraction of sp³-hybridized carbons (Fsp3) is 0.400. The summed E-state index contributed by atoms with van der Waals surface area (Å²) in [5.41, 5.74) is 3.27. The van der Waals surface area contributed by atoms with Crippen molar-refractivity contribution in [3.8, 4) is 0 Å². The van der Waals surface area contributed by atoms with Gasteiger partial charge in [-0.1, -0.05) is 6.07 Å². The zero-order valence-electron chi connectivity index (χ0n) is 8.47. The van der Waals surface area contributed by atoms with Crippen LogP contribution in [0.1, 0.15) is 18.0 Å². The number of halogens is 2. The highest BCUT2D eigenvalue weighted by Crippen LogP contribution is 2.19. The first-order valence-corrected chi connectivity index (χ1v) is 5.98. The highest BCUT2D eigenvalue weighted by Gasteiger charge is 2.11. The van der Waals surface area contributed by atoms with Crippen LogP contribution in [0.5, 0.6) is 0 Å². The molecule has 1 aromatic carbocycles. The Morgan fingerprint density at radius 2 is 2.13 bits per heavy atom. The van der Waals surface area contributed by atoms with E-state index in [1.54, 1.807) is 17.8 Å². The molecular weight excluding hydrogens is 218 g/mol. The van der Waals surface area contributed by atoms with Crippen molar-refractivity contribution in [1.29, 1.82) is 0 Å². The average Bonchev–Trinajstić information content (AvgIpc) is 2.24. The summed E-state index contributed by atoms with van der Waals surface area (Å²) >= 11 is 1.68. The van der Waals surface area contributed by atoms with Gasteiger partial charge in [-0.3, -0.25) is 11.3 Å². The molecule has 15 heavy (non-hydrogen) atoms. The maximum Gasteiger partial charge on any atom is 0.159 e. The van der Waals surface area contributed by atoms with E-state index >= 15 is 0 Å². The third-order valence-corrected chi connectivity index (χ3v) is 2.80. The lowest BCUT2D eigenvalue weighted by Crippen LogP contribution is -2.28. The molecule has 1 rings (SSSR count). The summed E-state index contributed by atoms with van der Waals surface area (Å²) in [6.07, 6.45) is 2.77. The Morgan fingerprint density at radius 3 is 2.67 bits per heavy atom. The van der Waals surface area contributed by atoms with Crippen molar-refractivity contribution in [3.05, 3.63) is 35.4 Å². The van der Waals surface area contributed by atoms with Crippen LogP contribution in [0.3, 0.4) is 0 Å². The fourth-order valence-corrected chi connectivity index (χ4v) is 1.78. The Kier molecular flexibility index (Phi) is 5.01. The molecule has 0 saturated heterocycles. The Morgan fingerprint density at radius 1 is 1.40 bits per heavy atom. The second-order valence-electron chi connectivity index (χ2n) is 3.17. The third-order valence-electron chi connectivity index (χ3n) is 2.16. The summed E-state index contributed by atoms with van der Waals surface area (Å²) in [5.74, 6) is 4.60. The molecule has 0 radical (unpaired) electrons. The van der Waals surface area contributed by atoms with Gasteiger partial charge in [0.15, 0.2) is 11.6 Å². The van der Waals surface area contributed by atoms with Gasteiger partial charge >= 0.3 is 0 Å². The molecular formula is C10H14F2N2S. The zero-order chi connectivity index (χ0) is 11.3. The van der Waals surface area contributed by atoms with Crippen molar-refractivity contribution in [1.82, 2.24) is 5.43 Å². The van der Waals surface area contributed by atoms with Crippen molar-refractivity contribution in [3.63, 3.8) is 0 Å². The van der Waals surface area contributed by atoms with Crippen LogP contribution in [0, 0.1) is 11.6 Å². The third kappa shape index (κ3) is 3.44. The standard InChI is InChI=1S/C10H14F2N2S/c1-15-5-4-10(14-13)7-2-3-8(11)9(12)6-7/h2-3,6,10,14H,4-5,13H2,1H3. The molecule has 0 amide bonds. The molecule has 0 bridgehead atoms. The molecule has 0 fully saturated rings. The molecule has 0 aromatic heterocycles. The molecule has 1 unspecified atom stereocenters. The van der Waals surface area contributed by atoms with Gasteiger partial charge in [-0.05, 0) is 36.1 Å². The summed E-state index contributed by atoms with van der Waals surface area (Å²) in [5, 5.41) is 0. The highest BCUT2D eigenvalue weighted by molar-refractivity contribution is 7.98. The quantitative estimate of drug-likeness (QED) is 0.604. The van der Waals surface area contributed by atoms with E-state index in [0.717, 1.165) is 18.2 Å². The zero-order valence-corrected chi connectivity index (χ0v) is 9.28. The Balaban J connectivity index is 2.78. The molecule has 0 aliphatic heterocycles. The van der Waals surface area contributed by atoms with Crippen molar-refractivity contribution < 1.29 is 8.78 Å². The van der Waals surface area contributed by atoms with Crippen LogP contribution < -0.4 is 11.3 Å². The topological polar surface area (TPSA) is 38.0 Å². The minimum Gasteiger partial charge on any atom is -0.271 e. The van der Waals surface area contributed by atoms with Crippen LogP contribution in [0.2, 0.25) is 0 Å². The van der Waals surface area contributed by atoms with Crippen LogP contribution in [-0.2, 0) is 0 Å². The molecule has 1 aromatic rings. The largest absolute Gasteiger partial charge is 0.271 e. The summed E-state index contributed by atoms with van der Waals surface area (Å²) in [6.45, 7) is 0. The molecule has 2 nitrogen and oxygen atoms in total. The van der Waals surface area contributed by atoms with Gasteiger partial charge in [0.25, 0.3) is 0 Å². The van der Waals surface area contributed by atoms with E-state index in [4.69, 9.17) is 5.84 Å². The van der Waals surface area contributed by atoms with Crippen LogP contribution in [0.4, 0.5) is 8.78 Å². The maximum absolute atomic E-state index is 12.9. The van der Waals surface area contributed by atoms with Crippen molar-refractivity contribution in [2.24, 2.45) is 5.84 Å². The van der Waals surface area contributed by atoms with Crippen molar-refractivity contribution in [2.75, 3.05) is 12.0 Å². The molecule has 84 valence electrons. The minimum absolute atomic E-state index is 0.132. The van der Waals surface area contributed by atoms with Crippen molar-refractivity contribution in [2.45, 2.75) is 12.5 Å². The number of rotatable bonds is 5. The summed E-state index contributed by atoms with van der Waals surface area (Å²) < 4.78 is 25.6. The number of benzene rings is 1. The average molecular weight is 232 g/mol. The number of hydrogen-bond acceptors (Lipinski definition) is 3. The number of thioether (sulfide) groups is 1. The number of hydrazine groups is 1. The van der Waals surface area contributed by atoms with E-state index in [1.807, 2.05) is 6.26 Å². The summed E-state index contributed by atoms with van der Waals surface area (Å²) in [4.78, 5) is 0. The van der Waals surface area contributed by atoms with Crippen LogP contribution >= 0.6 is 11.8 Å². The Labute approximate surface area is 92.2 Å². The van der Waals surface area contributed by atoms with E-state index < -0.39 is 11.6 Å². The smallest absolute Gasteiger partial charge is 0.159 e. The molecule has 0 aliphatic rings. The predicted molar refractivity (Wildman–Crippen MR) is 59.4 cm³/mol. The molecule has 3 N–H and O–H groups in total. The van der Waals surface area contributed by atoms with Gasteiger partial charge in [0.05, 0.1) is 0 Å². The molecule has 0 spiro atoms. The fourth-order valence-electron chi connectivity index (χ4n) is 1.31. The minimum atomic E-state index is -0.836. The number of nitrogens with one attached hydrogen (secondary N) is 1. The predicted octanol–water partition coefficient (Wildman–Crippen LogP) is 2.22. The molecule has 0 aliphatic carbocycles. The molecule has 0 heterocycles. The van der Waals surface area contributed by atoms with Gasteiger partial charge in [-0.25, -0.2) is 8.78 Å². The maximum atomic E-state index is 12.9. The van der Waals surface area contributed by atoms with E-state index in [-0.39, 0.29) is 6.04 Å². The monoisotopic (exact) mass is 232 g/mol. The second kappa shape index (κ2) is 6.05.